The van der Waals surface area contributed by atoms with Crippen LogP contribution in [0.4, 0.5) is 0 Å². The summed E-state index contributed by atoms with van der Waals surface area (Å²) in [6, 6.07) is 0. The Morgan fingerprint density at radius 2 is 1.36 bits per heavy atom. The first-order chi connectivity index (χ1) is 10.8. The summed E-state index contributed by atoms with van der Waals surface area (Å²) in [6.45, 7) is 4.38. The van der Waals surface area contributed by atoms with Crippen molar-refractivity contribution in [3.63, 3.8) is 0 Å². The summed E-state index contributed by atoms with van der Waals surface area (Å²) in [7, 11) is 0. The zero-order valence-electron chi connectivity index (χ0n) is 15.0. The van der Waals surface area contributed by atoms with E-state index in [1.807, 2.05) is 0 Å². The first-order valence-corrected chi connectivity index (χ1v) is 9.52. The molecule has 22 heavy (non-hydrogen) atoms. The molecule has 1 nitrogen and oxygen atoms in total. The minimum Gasteiger partial charge on any atom is -0.291 e. The number of rotatable bonds is 16. The molecule has 0 aromatic heterocycles. The molecule has 0 aromatic carbocycles. The molecule has 0 heterocycles. The fourth-order valence-corrected chi connectivity index (χ4v) is 2.64. The van der Waals surface area contributed by atoms with Gasteiger partial charge in [-0.05, 0) is 44.9 Å². The molecule has 0 spiro atoms. The van der Waals surface area contributed by atoms with Crippen molar-refractivity contribution in [2.24, 2.45) is 5.92 Å². The van der Waals surface area contributed by atoms with Gasteiger partial charge in [-0.3, -0.25) is 4.79 Å². The van der Waals surface area contributed by atoms with E-state index < -0.39 is 0 Å². The molecule has 127 valence electrons. The standard InChI is InChI=1S/C21H37O/c1-3-5-6-7-8-9-10-11-12-13-14-15-16-17-19-21(20-22)18-4-2/h8-9,11-12,21H,3-7,10,13-19H2,1-2H3/b9-8-,12-11-. The SMILES string of the molecule is CCCCC/C=C\C/C=C\CCCCCCC([C]=O)CCC. The predicted molar refractivity (Wildman–Crippen MR) is 98.8 cm³/mol. The predicted octanol–water partition coefficient (Wildman–Crippen LogP) is 6.94. The Kier molecular flexibility index (Phi) is 17.5. The van der Waals surface area contributed by atoms with Gasteiger partial charge in [-0.15, -0.1) is 0 Å². The first kappa shape index (κ1) is 21.1. The molecule has 0 aromatic rings. The van der Waals surface area contributed by atoms with E-state index in [0.717, 1.165) is 25.7 Å². The van der Waals surface area contributed by atoms with Crippen LogP contribution in [0.15, 0.2) is 24.3 Å². The Labute approximate surface area is 139 Å². The maximum atomic E-state index is 10.7. The largest absolute Gasteiger partial charge is 0.291 e. The lowest BCUT2D eigenvalue weighted by Crippen LogP contribution is -2.00. The van der Waals surface area contributed by atoms with Crippen LogP contribution < -0.4 is 0 Å². The molecule has 1 unspecified atom stereocenters. The van der Waals surface area contributed by atoms with Crippen LogP contribution in [0.3, 0.4) is 0 Å². The van der Waals surface area contributed by atoms with Gasteiger partial charge in [0.25, 0.3) is 0 Å². The van der Waals surface area contributed by atoms with Crippen LogP contribution in [-0.4, -0.2) is 6.29 Å². The molecule has 0 amide bonds. The fraction of sp³-hybridized carbons (Fsp3) is 0.762. The maximum absolute atomic E-state index is 10.7. The maximum Gasteiger partial charge on any atom is 0.201 e. The molecule has 0 saturated heterocycles. The molecule has 0 saturated carbocycles. The minimum atomic E-state index is 0.189. The van der Waals surface area contributed by atoms with Crippen molar-refractivity contribution in [3.05, 3.63) is 24.3 Å². The van der Waals surface area contributed by atoms with E-state index in [9.17, 15) is 4.79 Å². The second kappa shape index (κ2) is 18.2. The number of allylic oxidation sites excluding steroid dienone is 4. The molecular weight excluding hydrogens is 268 g/mol. The second-order valence-electron chi connectivity index (χ2n) is 6.27. The minimum absolute atomic E-state index is 0.189. The molecule has 0 aliphatic rings. The van der Waals surface area contributed by atoms with Crippen LogP contribution in [0.5, 0.6) is 0 Å². The van der Waals surface area contributed by atoms with Gasteiger partial charge < -0.3 is 0 Å². The number of hydrogen-bond donors (Lipinski definition) is 0. The summed E-state index contributed by atoms with van der Waals surface area (Å²) >= 11 is 0. The van der Waals surface area contributed by atoms with E-state index in [1.54, 1.807) is 0 Å². The monoisotopic (exact) mass is 305 g/mol. The van der Waals surface area contributed by atoms with Crippen LogP contribution in [0.25, 0.3) is 0 Å². The van der Waals surface area contributed by atoms with Gasteiger partial charge in [0, 0.05) is 5.92 Å². The number of unbranched alkanes of at least 4 members (excludes halogenated alkanes) is 7. The molecule has 1 atom stereocenters. The van der Waals surface area contributed by atoms with Gasteiger partial charge in [0.1, 0.15) is 0 Å². The fourth-order valence-electron chi connectivity index (χ4n) is 2.64. The van der Waals surface area contributed by atoms with Crippen LogP contribution >= 0.6 is 0 Å². The Balaban J connectivity index is 3.31. The van der Waals surface area contributed by atoms with Gasteiger partial charge >= 0.3 is 0 Å². The zero-order valence-corrected chi connectivity index (χ0v) is 15.0. The molecule has 1 radical (unpaired) electrons. The highest BCUT2D eigenvalue weighted by Gasteiger charge is 2.05. The van der Waals surface area contributed by atoms with E-state index >= 15 is 0 Å². The topological polar surface area (TPSA) is 17.1 Å². The smallest absolute Gasteiger partial charge is 0.201 e. The molecule has 0 aliphatic carbocycles. The third-order valence-electron chi connectivity index (χ3n) is 4.06. The van der Waals surface area contributed by atoms with Crippen molar-refractivity contribution < 1.29 is 4.79 Å². The van der Waals surface area contributed by atoms with E-state index in [-0.39, 0.29) is 5.92 Å². The lowest BCUT2D eigenvalue weighted by molar-refractivity contribution is 0.468. The van der Waals surface area contributed by atoms with Gasteiger partial charge in [-0.1, -0.05) is 76.7 Å². The lowest BCUT2D eigenvalue weighted by atomic mass is 9.97. The van der Waals surface area contributed by atoms with E-state index in [4.69, 9.17) is 0 Å². The molecule has 0 aliphatic heterocycles. The summed E-state index contributed by atoms with van der Waals surface area (Å²) in [5.41, 5.74) is 0. The van der Waals surface area contributed by atoms with Crippen LogP contribution in [0, 0.1) is 5.92 Å². The van der Waals surface area contributed by atoms with Crippen LogP contribution in [-0.2, 0) is 4.79 Å². The molecule has 0 rings (SSSR count). The molecular formula is C21H37O. The third kappa shape index (κ3) is 15.5. The Bertz CT molecular complexity index is 278. The Morgan fingerprint density at radius 1 is 0.727 bits per heavy atom. The van der Waals surface area contributed by atoms with E-state index in [0.29, 0.717) is 0 Å². The van der Waals surface area contributed by atoms with Crippen LogP contribution in [0.1, 0.15) is 97.3 Å². The molecule has 0 bridgehead atoms. The van der Waals surface area contributed by atoms with Crippen molar-refractivity contribution in [3.8, 4) is 0 Å². The van der Waals surface area contributed by atoms with Gasteiger partial charge in [0.15, 0.2) is 0 Å². The summed E-state index contributed by atoms with van der Waals surface area (Å²) in [5, 5.41) is 0. The normalized spacial score (nSPS) is 13.2. The highest BCUT2D eigenvalue weighted by atomic mass is 16.1. The van der Waals surface area contributed by atoms with Gasteiger partial charge in [0.05, 0.1) is 0 Å². The van der Waals surface area contributed by atoms with Gasteiger partial charge in [-0.25, -0.2) is 0 Å². The summed E-state index contributed by atoms with van der Waals surface area (Å²) in [4.78, 5) is 10.7. The van der Waals surface area contributed by atoms with Crippen molar-refractivity contribution in [1.82, 2.24) is 0 Å². The molecule has 0 fully saturated rings. The Morgan fingerprint density at radius 3 is 1.95 bits per heavy atom. The van der Waals surface area contributed by atoms with E-state index in [2.05, 4.69) is 44.4 Å². The van der Waals surface area contributed by atoms with Gasteiger partial charge in [0.2, 0.25) is 6.29 Å². The third-order valence-corrected chi connectivity index (χ3v) is 4.06. The average molecular weight is 306 g/mol. The van der Waals surface area contributed by atoms with E-state index in [1.165, 1.54) is 57.8 Å². The molecule has 0 N–H and O–H groups in total. The summed E-state index contributed by atoms with van der Waals surface area (Å²) in [5.74, 6) is 0.189. The highest BCUT2D eigenvalue weighted by Crippen LogP contribution is 2.14. The quantitative estimate of drug-likeness (QED) is 0.223. The molecule has 1 heteroatoms. The highest BCUT2D eigenvalue weighted by molar-refractivity contribution is 5.54. The van der Waals surface area contributed by atoms with Gasteiger partial charge in [-0.2, -0.15) is 0 Å². The van der Waals surface area contributed by atoms with Crippen molar-refractivity contribution >= 4 is 6.29 Å². The van der Waals surface area contributed by atoms with Crippen molar-refractivity contribution in [1.29, 1.82) is 0 Å². The zero-order chi connectivity index (χ0) is 16.3. The van der Waals surface area contributed by atoms with Crippen molar-refractivity contribution in [2.45, 2.75) is 97.3 Å². The van der Waals surface area contributed by atoms with Crippen LogP contribution in [0.2, 0.25) is 0 Å². The first-order valence-electron chi connectivity index (χ1n) is 9.52. The summed E-state index contributed by atoms with van der Waals surface area (Å²) < 4.78 is 0. The second-order valence-corrected chi connectivity index (χ2v) is 6.27. The number of carbonyl (C=O) groups excluding carboxylic acids is 1. The lowest BCUT2D eigenvalue weighted by Gasteiger charge is -2.06. The van der Waals surface area contributed by atoms with Crippen molar-refractivity contribution in [2.75, 3.05) is 0 Å². The summed E-state index contributed by atoms with van der Waals surface area (Å²) in [6.07, 6.45) is 27.0. The average Bonchev–Trinajstić information content (AvgIpc) is 2.54. The number of hydrogen-bond acceptors (Lipinski definition) is 1. The Hall–Kier alpha value is -0.850.